The van der Waals surface area contributed by atoms with Crippen molar-refractivity contribution in [3.8, 4) is 0 Å². The van der Waals surface area contributed by atoms with Crippen molar-refractivity contribution < 1.29 is 0 Å². The summed E-state index contributed by atoms with van der Waals surface area (Å²) >= 11 is 1.71. The molecule has 15 heavy (non-hydrogen) atoms. The molecule has 0 saturated carbocycles. The van der Waals surface area contributed by atoms with Gasteiger partial charge < -0.3 is 4.90 Å². The Bertz CT molecular complexity index is 499. The molecule has 2 aromatic heterocycles. The van der Waals surface area contributed by atoms with Gasteiger partial charge in [0.1, 0.15) is 5.01 Å². The molecule has 0 saturated heterocycles. The quantitative estimate of drug-likeness (QED) is 0.730. The number of imidazole rings is 1. The van der Waals surface area contributed by atoms with Gasteiger partial charge in [0, 0.05) is 19.5 Å². The minimum atomic E-state index is 0.976. The average molecular weight is 222 g/mol. The van der Waals surface area contributed by atoms with E-state index < -0.39 is 0 Å². The third-order valence-corrected chi connectivity index (χ3v) is 3.93. The summed E-state index contributed by atoms with van der Waals surface area (Å²) in [5.41, 5.74) is 2.53. The second-order valence-electron chi connectivity index (χ2n) is 4.04. The summed E-state index contributed by atoms with van der Waals surface area (Å²) in [4.78, 5) is 8.03. The topological polar surface area (TPSA) is 33.4 Å². The lowest BCUT2D eigenvalue weighted by molar-refractivity contribution is 0.304. The maximum atomic E-state index is 4.65. The minimum absolute atomic E-state index is 0.976. The zero-order valence-electron chi connectivity index (χ0n) is 9.03. The van der Waals surface area contributed by atoms with Gasteiger partial charge in [-0.05, 0) is 13.5 Å². The van der Waals surface area contributed by atoms with E-state index in [1.54, 1.807) is 11.3 Å². The predicted molar refractivity (Wildman–Crippen MR) is 60.3 cm³/mol. The fourth-order valence-corrected chi connectivity index (χ4v) is 2.88. The summed E-state index contributed by atoms with van der Waals surface area (Å²) in [6, 6.07) is 0. The smallest absolute Gasteiger partial charge is 0.212 e. The van der Waals surface area contributed by atoms with E-state index in [1.807, 2.05) is 4.52 Å². The third-order valence-electron chi connectivity index (χ3n) is 2.87. The molecule has 0 N–H and O–H groups in total. The molecule has 0 bridgehead atoms. The van der Waals surface area contributed by atoms with Crippen LogP contribution in [0.25, 0.3) is 4.96 Å². The molecule has 3 heterocycles. The van der Waals surface area contributed by atoms with E-state index in [0.717, 1.165) is 30.9 Å². The van der Waals surface area contributed by atoms with Crippen LogP contribution in [0, 0.1) is 0 Å². The Morgan fingerprint density at radius 1 is 1.47 bits per heavy atom. The van der Waals surface area contributed by atoms with E-state index in [4.69, 9.17) is 0 Å². The van der Waals surface area contributed by atoms with Gasteiger partial charge in [-0.2, -0.15) is 5.10 Å². The molecule has 0 atom stereocenters. The van der Waals surface area contributed by atoms with E-state index in [2.05, 4.69) is 29.0 Å². The number of rotatable bonds is 1. The highest BCUT2D eigenvalue weighted by Gasteiger charge is 2.21. The molecule has 5 heteroatoms. The van der Waals surface area contributed by atoms with E-state index >= 15 is 0 Å². The first-order chi connectivity index (χ1) is 7.28. The summed E-state index contributed by atoms with van der Waals surface area (Å²) in [6.45, 7) is 4.22. The maximum absolute atomic E-state index is 4.65. The molecule has 2 aromatic rings. The highest BCUT2D eigenvalue weighted by atomic mass is 32.1. The molecule has 0 aromatic carbocycles. The van der Waals surface area contributed by atoms with Crippen molar-refractivity contribution in [2.75, 3.05) is 13.6 Å². The summed E-state index contributed by atoms with van der Waals surface area (Å²) < 4.78 is 2.04. The monoisotopic (exact) mass is 222 g/mol. The van der Waals surface area contributed by atoms with Crippen LogP contribution in [0.4, 0.5) is 0 Å². The van der Waals surface area contributed by atoms with E-state index in [0.29, 0.717) is 0 Å². The van der Waals surface area contributed by atoms with Crippen LogP contribution in [0.15, 0.2) is 0 Å². The van der Waals surface area contributed by atoms with Crippen molar-refractivity contribution in [2.45, 2.75) is 26.3 Å². The summed E-state index contributed by atoms with van der Waals surface area (Å²) in [6.07, 6.45) is 2.06. The molecule has 4 nitrogen and oxygen atoms in total. The standard InChI is InChI=1S/C10H14N4S/c1-3-9-12-14-8-6-13(2)5-4-7(8)11-10(14)15-9/h3-6H2,1-2H3. The first-order valence-corrected chi connectivity index (χ1v) is 6.14. The second kappa shape index (κ2) is 3.28. The number of aromatic nitrogens is 3. The van der Waals surface area contributed by atoms with Crippen LogP contribution in [0.2, 0.25) is 0 Å². The van der Waals surface area contributed by atoms with E-state index in [-0.39, 0.29) is 0 Å². The molecule has 80 valence electrons. The summed E-state index contributed by atoms with van der Waals surface area (Å²) in [5, 5.41) is 5.76. The molecule has 0 amide bonds. The van der Waals surface area contributed by atoms with Gasteiger partial charge in [-0.25, -0.2) is 9.50 Å². The Morgan fingerprint density at radius 2 is 2.33 bits per heavy atom. The Balaban J connectivity index is 2.16. The lowest BCUT2D eigenvalue weighted by atomic mass is 10.2. The van der Waals surface area contributed by atoms with Gasteiger partial charge in [-0.15, -0.1) is 0 Å². The average Bonchev–Trinajstić information content (AvgIpc) is 2.75. The van der Waals surface area contributed by atoms with Gasteiger partial charge in [0.2, 0.25) is 4.96 Å². The fraction of sp³-hybridized carbons (Fsp3) is 0.600. The number of likely N-dealkylation sites (N-methyl/N-ethyl adjacent to an activating group) is 1. The van der Waals surface area contributed by atoms with Crippen LogP contribution < -0.4 is 0 Å². The number of hydrogen-bond acceptors (Lipinski definition) is 4. The largest absolute Gasteiger partial charge is 0.300 e. The van der Waals surface area contributed by atoms with Crippen molar-refractivity contribution in [2.24, 2.45) is 0 Å². The molecular formula is C10H14N4S. The molecule has 1 aliphatic rings. The Labute approximate surface area is 92.5 Å². The highest BCUT2D eigenvalue weighted by molar-refractivity contribution is 7.16. The summed E-state index contributed by atoms with van der Waals surface area (Å²) in [7, 11) is 2.15. The Morgan fingerprint density at radius 3 is 3.13 bits per heavy atom. The Hall–Kier alpha value is -0.940. The molecule has 0 aliphatic carbocycles. The molecule has 3 rings (SSSR count). The molecule has 0 radical (unpaired) electrons. The van der Waals surface area contributed by atoms with E-state index in [9.17, 15) is 0 Å². The summed E-state index contributed by atoms with van der Waals surface area (Å²) in [5.74, 6) is 0. The lowest BCUT2D eigenvalue weighted by Crippen LogP contribution is -2.27. The van der Waals surface area contributed by atoms with Crippen LogP contribution >= 0.6 is 11.3 Å². The SMILES string of the molecule is CCc1nn2c3c(nc2s1)CCN(C)C3. The number of hydrogen-bond donors (Lipinski definition) is 0. The van der Waals surface area contributed by atoms with Gasteiger partial charge in [-0.3, -0.25) is 0 Å². The molecule has 0 spiro atoms. The van der Waals surface area contributed by atoms with Crippen molar-refractivity contribution in [3.63, 3.8) is 0 Å². The lowest BCUT2D eigenvalue weighted by Gasteiger charge is -2.20. The van der Waals surface area contributed by atoms with Crippen molar-refractivity contribution >= 4 is 16.3 Å². The third kappa shape index (κ3) is 1.38. The number of aryl methyl sites for hydroxylation is 1. The second-order valence-corrected chi connectivity index (χ2v) is 5.08. The zero-order chi connectivity index (χ0) is 10.4. The van der Waals surface area contributed by atoms with Gasteiger partial charge in [0.15, 0.2) is 0 Å². The number of nitrogens with zero attached hydrogens (tertiary/aromatic N) is 4. The van der Waals surface area contributed by atoms with Crippen molar-refractivity contribution in [1.82, 2.24) is 19.5 Å². The first-order valence-electron chi connectivity index (χ1n) is 5.32. The molecule has 1 aliphatic heterocycles. The zero-order valence-corrected chi connectivity index (χ0v) is 9.84. The van der Waals surface area contributed by atoms with Crippen LogP contribution in [0.1, 0.15) is 23.3 Å². The first kappa shape index (κ1) is 9.30. The van der Waals surface area contributed by atoms with Gasteiger partial charge in [0.05, 0.1) is 11.4 Å². The van der Waals surface area contributed by atoms with Gasteiger partial charge >= 0.3 is 0 Å². The fourth-order valence-electron chi connectivity index (χ4n) is 2.00. The van der Waals surface area contributed by atoms with Crippen LogP contribution in [0.3, 0.4) is 0 Å². The van der Waals surface area contributed by atoms with Gasteiger partial charge in [-0.1, -0.05) is 18.3 Å². The van der Waals surface area contributed by atoms with Crippen LogP contribution in [0.5, 0.6) is 0 Å². The molecule has 0 unspecified atom stereocenters. The van der Waals surface area contributed by atoms with Crippen LogP contribution in [-0.4, -0.2) is 33.1 Å². The minimum Gasteiger partial charge on any atom is -0.300 e. The molecular weight excluding hydrogens is 208 g/mol. The predicted octanol–water partition coefficient (Wildman–Crippen LogP) is 1.34. The maximum Gasteiger partial charge on any atom is 0.212 e. The van der Waals surface area contributed by atoms with Crippen molar-refractivity contribution in [1.29, 1.82) is 0 Å². The van der Waals surface area contributed by atoms with Crippen molar-refractivity contribution in [3.05, 3.63) is 16.4 Å². The molecule has 0 fully saturated rings. The highest BCUT2D eigenvalue weighted by Crippen LogP contribution is 2.23. The van der Waals surface area contributed by atoms with E-state index in [1.165, 1.54) is 16.4 Å². The Kier molecular flexibility index (Phi) is 2.03. The normalized spacial score (nSPS) is 17.2. The van der Waals surface area contributed by atoms with Gasteiger partial charge in [0.25, 0.3) is 0 Å². The number of fused-ring (bicyclic) bond motifs is 3. The van der Waals surface area contributed by atoms with Crippen LogP contribution in [-0.2, 0) is 19.4 Å².